The number of hydrogen-bond acceptors (Lipinski definition) is 1. The third-order valence-electron chi connectivity index (χ3n) is 1.63. The van der Waals surface area contributed by atoms with E-state index in [9.17, 15) is 4.79 Å². The first-order chi connectivity index (χ1) is 5.36. The summed E-state index contributed by atoms with van der Waals surface area (Å²) in [6.45, 7) is 0. The zero-order valence-electron chi connectivity index (χ0n) is 7.10. The molecule has 1 N–H and O–H groups in total. The number of para-hydroxylation sites is 1. The van der Waals surface area contributed by atoms with Crippen LogP contribution in [0.1, 0.15) is 0 Å². The van der Waals surface area contributed by atoms with Crippen LogP contribution in [0.5, 0.6) is 0 Å². The van der Waals surface area contributed by atoms with Crippen molar-refractivity contribution in [1.29, 1.82) is 0 Å². The molecule has 0 amide bonds. The fraction of sp³-hybridized carbons (Fsp3) is 0. The van der Waals surface area contributed by atoms with E-state index < -0.39 is 0 Å². The molecule has 1 heterocycles. The van der Waals surface area contributed by atoms with Crippen molar-refractivity contribution in [3.8, 4) is 0 Å². The maximum absolute atomic E-state index is 10.8. The number of aromatic nitrogens is 1. The highest BCUT2D eigenvalue weighted by atomic mass is 35.5. The zero-order chi connectivity index (χ0) is 7.68. The van der Waals surface area contributed by atoms with E-state index in [4.69, 9.17) is 0 Å². The predicted octanol–water partition coefficient (Wildman–Crippen LogP) is 2.79. The topological polar surface area (TPSA) is 32.9 Å². The second-order valence-corrected chi connectivity index (χ2v) is 2.41. The average Bonchev–Trinajstić information content (AvgIpc) is 2.04. The smallest absolute Gasteiger partial charge is 0.248 e. The molecule has 0 saturated heterocycles. The number of fused-ring (bicyclic) bond motifs is 1. The van der Waals surface area contributed by atoms with Gasteiger partial charge in [0.1, 0.15) is 0 Å². The summed E-state index contributed by atoms with van der Waals surface area (Å²) in [5.41, 5.74) is 0.837. The number of halogens is 3. The van der Waals surface area contributed by atoms with Crippen LogP contribution in [0.2, 0.25) is 0 Å². The molecule has 0 aliphatic rings. The van der Waals surface area contributed by atoms with Crippen LogP contribution in [0.3, 0.4) is 0 Å². The maximum atomic E-state index is 10.8. The quantitative estimate of drug-likeness (QED) is 0.770. The molecule has 1 aromatic heterocycles. The van der Waals surface area contributed by atoms with Gasteiger partial charge < -0.3 is 4.98 Å². The Labute approximate surface area is 100.0 Å². The summed E-state index contributed by atoms with van der Waals surface area (Å²) in [6.07, 6.45) is 0. The van der Waals surface area contributed by atoms with Gasteiger partial charge in [0.05, 0.1) is 0 Å². The largest absolute Gasteiger partial charge is 0.322 e. The summed E-state index contributed by atoms with van der Waals surface area (Å²) in [4.78, 5) is 13.6. The van der Waals surface area contributed by atoms with Gasteiger partial charge in [-0.05, 0) is 17.5 Å². The first kappa shape index (κ1) is 15.8. The Morgan fingerprint density at radius 3 is 2.21 bits per heavy atom. The van der Waals surface area contributed by atoms with E-state index in [-0.39, 0.29) is 42.8 Å². The van der Waals surface area contributed by atoms with Crippen molar-refractivity contribution in [2.45, 2.75) is 0 Å². The number of pyridine rings is 1. The lowest BCUT2D eigenvalue weighted by Gasteiger charge is -1.93. The van der Waals surface area contributed by atoms with Gasteiger partial charge in [0, 0.05) is 11.6 Å². The van der Waals surface area contributed by atoms with Crippen LogP contribution >= 0.6 is 37.2 Å². The third-order valence-corrected chi connectivity index (χ3v) is 1.63. The number of H-pyrrole nitrogens is 1. The highest BCUT2D eigenvalue weighted by Crippen LogP contribution is 2.06. The van der Waals surface area contributed by atoms with E-state index in [2.05, 4.69) is 4.98 Å². The van der Waals surface area contributed by atoms with Crippen LogP contribution in [0.4, 0.5) is 0 Å². The Bertz CT molecular complexity index is 441. The molecule has 2 nitrogen and oxygen atoms in total. The van der Waals surface area contributed by atoms with Gasteiger partial charge in [0.25, 0.3) is 0 Å². The lowest BCUT2D eigenvalue weighted by molar-refractivity contribution is 1.31. The minimum atomic E-state index is -0.0521. The van der Waals surface area contributed by atoms with E-state index in [1.807, 2.05) is 30.3 Å². The Morgan fingerprint density at radius 1 is 0.857 bits per heavy atom. The minimum absolute atomic E-state index is 0. The fourth-order valence-corrected chi connectivity index (χ4v) is 1.10. The first-order valence-corrected chi connectivity index (χ1v) is 3.44. The molecule has 0 unspecified atom stereocenters. The molecule has 5 heteroatoms. The molecular weight excluding hydrogens is 244 g/mol. The zero-order valence-corrected chi connectivity index (χ0v) is 9.55. The summed E-state index contributed by atoms with van der Waals surface area (Å²) in [7, 11) is 0. The highest BCUT2D eigenvalue weighted by molar-refractivity contribution is 5.86. The van der Waals surface area contributed by atoms with Crippen molar-refractivity contribution in [2.75, 3.05) is 0 Å². The van der Waals surface area contributed by atoms with Crippen molar-refractivity contribution in [1.82, 2.24) is 4.98 Å². The van der Waals surface area contributed by atoms with Gasteiger partial charge >= 0.3 is 0 Å². The summed E-state index contributed by atoms with van der Waals surface area (Å²) in [5.74, 6) is 0. The first-order valence-electron chi connectivity index (χ1n) is 3.44. The number of rotatable bonds is 0. The van der Waals surface area contributed by atoms with Crippen LogP contribution in [-0.2, 0) is 0 Å². The standard InChI is InChI=1S/C9H7NO.3ClH/c11-9-6-5-7-3-1-2-4-8(7)10-9;;;/h1-6H,(H,10,11);3*1H. The molecular formula is C9H10Cl3NO. The van der Waals surface area contributed by atoms with Crippen molar-refractivity contribution in [3.05, 3.63) is 46.8 Å². The van der Waals surface area contributed by atoms with Gasteiger partial charge in [-0.15, -0.1) is 37.2 Å². The molecule has 0 atom stereocenters. The third kappa shape index (κ3) is 3.22. The molecule has 0 fully saturated rings. The maximum Gasteiger partial charge on any atom is 0.248 e. The van der Waals surface area contributed by atoms with E-state index in [0.717, 1.165) is 10.9 Å². The van der Waals surface area contributed by atoms with Gasteiger partial charge in [-0.2, -0.15) is 0 Å². The van der Waals surface area contributed by atoms with Crippen molar-refractivity contribution in [3.63, 3.8) is 0 Å². The second-order valence-electron chi connectivity index (χ2n) is 2.41. The van der Waals surface area contributed by atoms with Crippen molar-refractivity contribution >= 4 is 48.1 Å². The molecule has 14 heavy (non-hydrogen) atoms. The summed E-state index contributed by atoms with van der Waals surface area (Å²) in [6, 6.07) is 11.0. The molecule has 2 rings (SSSR count). The summed E-state index contributed by atoms with van der Waals surface area (Å²) >= 11 is 0. The van der Waals surface area contributed by atoms with E-state index in [1.54, 1.807) is 0 Å². The van der Waals surface area contributed by atoms with Crippen molar-refractivity contribution in [2.24, 2.45) is 0 Å². The normalized spacial score (nSPS) is 8.00. The van der Waals surface area contributed by atoms with Gasteiger partial charge in [0.2, 0.25) is 5.56 Å². The Hall–Kier alpha value is -0.700. The van der Waals surface area contributed by atoms with Gasteiger partial charge in [0.15, 0.2) is 0 Å². The number of aromatic amines is 1. The number of nitrogens with one attached hydrogen (secondary N) is 1. The molecule has 0 aliphatic heterocycles. The van der Waals surface area contributed by atoms with Crippen molar-refractivity contribution < 1.29 is 0 Å². The monoisotopic (exact) mass is 253 g/mol. The molecule has 0 spiro atoms. The summed E-state index contributed by atoms with van der Waals surface area (Å²) < 4.78 is 0. The Balaban J connectivity index is 0. The van der Waals surface area contributed by atoms with E-state index >= 15 is 0 Å². The van der Waals surface area contributed by atoms with Gasteiger partial charge in [-0.25, -0.2) is 0 Å². The lowest BCUT2D eigenvalue weighted by atomic mass is 10.2. The van der Waals surface area contributed by atoms with Gasteiger partial charge in [-0.3, -0.25) is 4.79 Å². The molecule has 0 radical (unpaired) electrons. The van der Waals surface area contributed by atoms with E-state index in [1.165, 1.54) is 6.07 Å². The Morgan fingerprint density at radius 2 is 1.50 bits per heavy atom. The Kier molecular flexibility index (Phi) is 7.55. The van der Waals surface area contributed by atoms with E-state index in [0.29, 0.717) is 0 Å². The van der Waals surface area contributed by atoms with Crippen LogP contribution in [-0.4, -0.2) is 4.98 Å². The molecule has 2 aromatic rings. The fourth-order valence-electron chi connectivity index (χ4n) is 1.10. The van der Waals surface area contributed by atoms with Crippen LogP contribution in [0, 0.1) is 0 Å². The lowest BCUT2D eigenvalue weighted by Crippen LogP contribution is -2.01. The minimum Gasteiger partial charge on any atom is -0.322 e. The summed E-state index contributed by atoms with van der Waals surface area (Å²) in [5, 5.41) is 1.06. The number of hydrogen-bond donors (Lipinski definition) is 1. The average molecular weight is 255 g/mol. The predicted molar refractivity (Wildman–Crippen MR) is 66.3 cm³/mol. The number of benzene rings is 1. The molecule has 0 saturated carbocycles. The van der Waals surface area contributed by atoms with Crippen LogP contribution < -0.4 is 5.56 Å². The van der Waals surface area contributed by atoms with Gasteiger partial charge in [-0.1, -0.05) is 18.2 Å². The molecule has 0 bridgehead atoms. The molecule has 78 valence electrons. The van der Waals surface area contributed by atoms with Crippen LogP contribution in [0.15, 0.2) is 41.2 Å². The highest BCUT2D eigenvalue weighted by Gasteiger charge is 1.89. The second kappa shape index (κ2) is 6.71. The molecule has 1 aromatic carbocycles. The SMILES string of the molecule is Cl.Cl.Cl.O=c1ccc2ccccc2[nH]1. The molecule has 0 aliphatic carbocycles. The van der Waals surface area contributed by atoms with Crippen LogP contribution in [0.25, 0.3) is 10.9 Å².